The Bertz CT molecular complexity index is 375. The van der Waals surface area contributed by atoms with Gasteiger partial charge in [-0.1, -0.05) is 12.5 Å². The third kappa shape index (κ3) is 3.97. The quantitative estimate of drug-likeness (QED) is 0.733. The van der Waals surface area contributed by atoms with Crippen LogP contribution in [-0.4, -0.2) is 29.2 Å². The summed E-state index contributed by atoms with van der Waals surface area (Å²) in [6.07, 6.45) is -2.44. The summed E-state index contributed by atoms with van der Waals surface area (Å²) in [4.78, 5) is 22.7. The molecule has 19 heavy (non-hydrogen) atoms. The van der Waals surface area contributed by atoms with Crippen LogP contribution in [0.25, 0.3) is 0 Å². The van der Waals surface area contributed by atoms with Gasteiger partial charge in [-0.15, -0.1) is 6.58 Å². The number of amides is 1. The van der Waals surface area contributed by atoms with Crippen LogP contribution in [0.4, 0.5) is 13.2 Å². The number of rotatable bonds is 6. The van der Waals surface area contributed by atoms with Gasteiger partial charge in [0.2, 0.25) is 5.91 Å². The van der Waals surface area contributed by atoms with Crippen LogP contribution >= 0.6 is 0 Å². The molecule has 1 aliphatic carbocycles. The van der Waals surface area contributed by atoms with Crippen molar-refractivity contribution in [1.82, 2.24) is 5.32 Å². The Morgan fingerprint density at radius 2 is 2.00 bits per heavy atom. The van der Waals surface area contributed by atoms with Gasteiger partial charge in [-0.2, -0.15) is 13.2 Å². The van der Waals surface area contributed by atoms with E-state index in [9.17, 15) is 22.8 Å². The summed E-state index contributed by atoms with van der Waals surface area (Å²) in [5, 5.41) is 10.7. The van der Waals surface area contributed by atoms with Crippen molar-refractivity contribution in [2.24, 2.45) is 5.41 Å². The van der Waals surface area contributed by atoms with E-state index >= 15 is 0 Å². The Morgan fingerprint density at radius 3 is 2.32 bits per heavy atom. The number of halogens is 3. The number of carbonyl (C=O) groups excluding carboxylic acids is 1. The van der Waals surface area contributed by atoms with Crippen molar-refractivity contribution in [3.8, 4) is 0 Å². The van der Waals surface area contributed by atoms with Crippen molar-refractivity contribution in [2.75, 3.05) is 0 Å². The standard InChI is InChI=1S/C12H16F3NO3/c1-2-4-11(5-3-6-11)10(19)16-8(9(17)18)7-12(13,14)15/h2,8H,1,3-7H2,(H,16,19)(H,17,18). The van der Waals surface area contributed by atoms with Crippen LogP contribution in [-0.2, 0) is 9.59 Å². The molecule has 0 aromatic carbocycles. The lowest BCUT2D eigenvalue weighted by Gasteiger charge is -2.40. The summed E-state index contributed by atoms with van der Waals surface area (Å²) in [5.41, 5.74) is -0.777. The van der Waals surface area contributed by atoms with E-state index in [0.717, 1.165) is 6.42 Å². The first kappa shape index (κ1) is 15.5. The van der Waals surface area contributed by atoms with Gasteiger partial charge in [0.25, 0.3) is 0 Å². The second-order valence-electron chi connectivity index (χ2n) is 4.81. The Labute approximate surface area is 108 Å². The molecule has 1 aliphatic rings. The van der Waals surface area contributed by atoms with E-state index < -0.39 is 35.9 Å². The van der Waals surface area contributed by atoms with Gasteiger partial charge in [0.05, 0.1) is 11.8 Å². The fourth-order valence-electron chi connectivity index (χ4n) is 2.15. The van der Waals surface area contributed by atoms with Gasteiger partial charge in [-0.05, 0) is 19.3 Å². The summed E-state index contributed by atoms with van der Waals surface area (Å²) >= 11 is 0. The maximum atomic E-state index is 12.2. The smallest absolute Gasteiger partial charge is 0.391 e. The lowest BCUT2D eigenvalue weighted by atomic mass is 9.66. The van der Waals surface area contributed by atoms with E-state index in [2.05, 4.69) is 6.58 Å². The minimum Gasteiger partial charge on any atom is -0.480 e. The van der Waals surface area contributed by atoms with Crippen LogP contribution in [0.3, 0.4) is 0 Å². The molecule has 0 saturated heterocycles. The molecule has 0 aromatic rings. The molecule has 1 unspecified atom stereocenters. The Hall–Kier alpha value is -1.53. The highest BCUT2D eigenvalue weighted by molar-refractivity contribution is 5.88. The predicted octanol–water partition coefficient (Wildman–Crippen LogP) is 2.25. The zero-order valence-electron chi connectivity index (χ0n) is 10.3. The fraction of sp³-hybridized carbons (Fsp3) is 0.667. The summed E-state index contributed by atoms with van der Waals surface area (Å²) in [6.45, 7) is 3.51. The number of hydrogen-bond donors (Lipinski definition) is 2. The lowest BCUT2D eigenvalue weighted by Crippen LogP contribution is -2.52. The lowest BCUT2D eigenvalue weighted by molar-refractivity contribution is -0.162. The number of hydrogen-bond acceptors (Lipinski definition) is 2. The van der Waals surface area contributed by atoms with E-state index in [0.29, 0.717) is 19.3 Å². The minimum absolute atomic E-state index is 0.344. The molecule has 0 aromatic heterocycles. The van der Waals surface area contributed by atoms with Crippen molar-refractivity contribution in [3.05, 3.63) is 12.7 Å². The van der Waals surface area contributed by atoms with Crippen LogP contribution in [0.2, 0.25) is 0 Å². The zero-order valence-corrected chi connectivity index (χ0v) is 10.3. The minimum atomic E-state index is -4.64. The van der Waals surface area contributed by atoms with Crippen molar-refractivity contribution >= 4 is 11.9 Å². The van der Waals surface area contributed by atoms with Crippen molar-refractivity contribution in [1.29, 1.82) is 0 Å². The first-order valence-corrected chi connectivity index (χ1v) is 5.92. The van der Waals surface area contributed by atoms with Crippen molar-refractivity contribution in [2.45, 2.75) is 44.3 Å². The highest BCUT2D eigenvalue weighted by Gasteiger charge is 2.45. The number of nitrogens with one attached hydrogen (secondary N) is 1. The molecule has 1 saturated carbocycles. The Balaban J connectivity index is 2.71. The number of aliphatic carboxylic acids is 1. The van der Waals surface area contributed by atoms with E-state index in [1.54, 1.807) is 0 Å². The third-order valence-corrected chi connectivity index (χ3v) is 3.37. The number of carboxylic acid groups (broad SMARTS) is 1. The topological polar surface area (TPSA) is 66.4 Å². The van der Waals surface area contributed by atoms with E-state index in [-0.39, 0.29) is 0 Å². The zero-order chi connectivity index (χ0) is 14.7. The highest BCUT2D eigenvalue weighted by atomic mass is 19.4. The van der Waals surface area contributed by atoms with E-state index in [1.807, 2.05) is 5.32 Å². The fourth-order valence-corrected chi connectivity index (χ4v) is 2.15. The Kier molecular flexibility index (Phi) is 4.60. The van der Waals surface area contributed by atoms with Gasteiger partial charge >= 0.3 is 12.1 Å². The molecule has 1 fully saturated rings. The second-order valence-corrected chi connectivity index (χ2v) is 4.81. The summed E-state index contributed by atoms with van der Waals surface area (Å²) in [6, 6.07) is -1.94. The molecule has 0 radical (unpaired) electrons. The van der Waals surface area contributed by atoms with Gasteiger partial charge in [0, 0.05) is 0 Å². The normalized spacial score (nSPS) is 19.1. The molecule has 0 heterocycles. The summed E-state index contributed by atoms with van der Waals surface area (Å²) < 4.78 is 36.7. The van der Waals surface area contributed by atoms with E-state index in [1.165, 1.54) is 6.08 Å². The average molecular weight is 279 g/mol. The van der Waals surface area contributed by atoms with Crippen LogP contribution in [0.1, 0.15) is 32.1 Å². The summed E-state index contributed by atoms with van der Waals surface area (Å²) in [7, 11) is 0. The molecule has 108 valence electrons. The third-order valence-electron chi connectivity index (χ3n) is 3.37. The first-order valence-electron chi connectivity index (χ1n) is 5.92. The maximum absolute atomic E-state index is 12.2. The number of carbonyl (C=O) groups is 2. The number of alkyl halides is 3. The van der Waals surface area contributed by atoms with Gasteiger partial charge < -0.3 is 10.4 Å². The molecule has 4 nitrogen and oxygen atoms in total. The van der Waals surface area contributed by atoms with Gasteiger partial charge in [0.15, 0.2) is 0 Å². The Morgan fingerprint density at radius 1 is 1.42 bits per heavy atom. The molecule has 0 bridgehead atoms. The highest BCUT2D eigenvalue weighted by Crippen LogP contribution is 2.44. The molecule has 1 rings (SSSR count). The van der Waals surface area contributed by atoms with Crippen molar-refractivity contribution in [3.63, 3.8) is 0 Å². The van der Waals surface area contributed by atoms with Gasteiger partial charge in [0.1, 0.15) is 6.04 Å². The molecular weight excluding hydrogens is 263 g/mol. The van der Waals surface area contributed by atoms with Crippen LogP contribution < -0.4 is 5.32 Å². The molecule has 0 spiro atoms. The summed E-state index contributed by atoms with van der Waals surface area (Å²) in [5.74, 6) is -2.31. The first-order chi connectivity index (χ1) is 8.70. The number of carboxylic acids is 1. The molecule has 2 N–H and O–H groups in total. The maximum Gasteiger partial charge on any atom is 0.391 e. The van der Waals surface area contributed by atoms with Crippen molar-refractivity contribution < 1.29 is 27.9 Å². The average Bonchev–Trinajstić information content (AvgIpc) is 2.20. The predicted molar refractivity (Wildman–Crippen MR) is 61.3 cm³/mol. The second kappa shape index (κ2) is 5.63. The monoisotopic (exact) mass is 279 g/mol. The molecular formula is C12H16F3NO3. The van der Waals surface area contributed by atoms with Gasteiger partial charge in [-0.3, -0.25) is 4.79 Å². The van der Waals surface area contributed by atoms with Crippen LogP contribution in [0, 0.1) is 5.41 Å². The SMILES string of the molecule is C=CCC1(C(=O)NC(CC(F)(F)F)C(=O)O)CCC1. The molecule has 7 heteroatoms. The number of allylic oxidation sites excluding steroid dienone is 1. The molecule has 1 atom stereocenters. The van der Waals surface area contributed by atoms with Crippen LogP contribution in [0.5, 0.6) is 0 Å². The molecule has 1 amide bonds. The van der Waals surface area contributed by atoms with Gasteiger partial charge in [-0.25, -0.2) is 4.79 Å². The molecule has 0 aliphatic heterocycles. The van der Waals surface area contributed by atoms with Crippen LogP contribution in [0.15, 0.2) is 12.7 Å². The largest absolute Gasteiger partial charge is 0.480 e. The van der Waals surface area contributed by atoms with E-state index in [4.69, 9.17) is 5.11 Å².